The first-order valence-electron chi connectivity index (χ1n) is 10.6. The third-order valence-corrected chi connectivity index (χ3v) is 6.20. The maximum Gasteiger partial charge on any atom is 0.256 e. The number of para-hydroxylation sites is 1. The molecule has 0 aliphatic carbocycles. The van der Waals surface area contributed by atoms with E-state index in [4.69, 9.17) is 10.5 Å². The van der Waals surface area contributed by atoms with Gasteiger partial charge in [0.15, 0.2) is 0 Å². The summed E-state index contributed by atoms with van der Waals surface area (Å²) >= 11 is 0. The van der Waals surface area contributed by atoms with Gasteiger partial charge in [-0.05, 0) is 35.2 Å². The molecule has 0 atom stereocenters. The number of carbonyl (C=O) groups is 2. The second-order valence-electron chi connectivity index (χ2n) is 8.41. The number of nitrogens with two attached hydrogens (primary N) is 1. The minimum atomic E-state index is -0.914. The highest BCUT2D eigenvalue weighted by Gasteiger charge is 2.45. The van der Waals surface area contributed by atoms with Crippen LogP contribution >= 0.6 is 0 Å². The van der Waals surface area contributed by atoms with E-state index in [-0.39, 0.29) is 30.6 Å². The molecule has 0 spiro atoms. The Hall–Kier alpha value is -3.49. The quantitative estimate of drug-likeness (QED) is 0.647. The third kappa shape index (κ3) is 3.57. The molecule has 5 rings (SSSR count). The van der Waals surface area contributed by atoms with Gasteiger partial charge in [-0.3, -0.25) is 14.4 Å². The fraction of sp³-hybridized carbons (Fsp3) is 0.292. The first kappa shape index (κ1) is 20.4. The molecule has 0 radical (unpaired) electrons. The fourth-order valence-electron chi connectivity index (χ4n) is 4.21. The molecule has 2 fully saturated rings. The molecular formula is C24H24N4O4. The van der Waals surface area contributed by atoms with Crippen LogP contribution in [0.3, 0.4) is 0 Å². The first-order valence-corrected chi connectivity index (χ1v) is 10.6. The molecule has 2 aromatic carbocycles. The molecule has 0 unspecified atom stereocenters. The molecule has 2 amide bonds. The number of hydrogen-bond donors (Lipinski definition) is 2. The average molecular weight is 432 g/mol. The second-order valence-corrected chi connectivity index (χ2v) is 8.41. The molecule has 32 heavy (non-hydrogen) atoms. The minimum Gasteiger partial charge on any atom is -0.376 e. The normalized spacial score (nSPS) is 17.8. The summed E-state index contributed by atoms with van der Waals surface area (Å²) in [5.74, 6) is -0.202. The maximum atomic E-state index is 12.9. The van der Waals surface area contributed by atoms with Gasteiger partial charge in [-0.25, -0.2) is 0 Å². The number of ether oxygens (including phenoxy) is 1. The van der Waals surface area contributed by atoms with Crippen molar-refractivity contribution >= 4 is 22.7 Å². The van der Waals surface area contributed by atoms with E-state index < -0.39 is 5.54 Å². The molecular weight excluding hydrogens is 408 g/mol. The minimum absolute atomic E-state index is 0.0921. The van der Waals surface area contributed by atoms with Crippen molar-refractivity contribution in [2.24, 2.45) is 5.73 Å². The van der Waals surface area contributed by atoms with Crippen LogP contribution in [0.1, 0.15) is 10.4 Å². The molecule has 1 aromatic heterocycles. The highest BCUT2D eigenvalue weighted by atomic mass is 16.5. The number of fused-ring (bicyclic) bond motifs is 1. The topological polar surface area (TPSA) is 109 Å². The molecule has 3 aromatic rings. The van der Waals surface area contributed by atoms with Gasteiger partial charge in [0, 0.05) is 42.8 Å². The number of benzene rings is 2. The van der Waals surface area contributed by atoms with Crippen molar-refractivity contribution < 1.29 is 14.3 Å². The van der Waals surface area contributed by atoms with Crippen molar-refractivity contribution in [2.75, 3.05) is 39.4 Å². The van der Waals surface area contributed by atoms with Gasteiger partial charge in [0.05, 0.1) is 13.2 Å². The van der Waals surface area contributed by atoms with E-state index in [0.717, 1.165) is 16.5 Å². The predicted octanol–water partition coefficient (Wildman–Crippen LogP) is 1.21. The lowest BCUT2D eigenvalue weighted by Crippen LogP contribution is -2.68. The van der Waals surface area contributed by atoms with Crippen LogP contribution in [0, 0.1) is 0 Å². The van der Waals surface area contributed by atoms with Crippen molar-refractivity contribution in [3.05, 3.63) is 70.5 Å². The summed E-state index contributed by atoms with van der Waals surface area (Å²) in [5, 5.41) is 0.947. The zero-order valence-electron chi connectivity index (χ0n) is 17.5. The van der Waals surface area contributed by atoms with Gasteiger partial charge in [-0.2, -0.15) is 0 Å². The van der Waals surface area contributed by atoms with Gasteiger partial charge in [0.25, 0.3) is 11.5 Å². The molecule has 164 valence electrons. The van der Waals surface area contributed by atoms with Crippen LogP contribution in [0.2, 0.25) is 0 Å². The number of piperazine rings is 1. The Bertz CT molecular complexity index is 1240. The number of amides is 2. The van der Waals surface area contributed by atoms with Gasteiger partial charge in [0.2, 0.25) is 5.91 Å². The van der Waals surface area contributed by atoms with E-state index in [1.54, 1.807) is 34.1 Å². The first-order chi connectivity index (χ1) is 15.4. The Morgan fingerprint density at radius 1 is 0.938 bits per heavy atom. The number of nitrogens with zero attached hydrogens (tertiary/aromatic N) is 2. The molecule has 8 nitrogen and oxygen atoms in total. The van der Waals surface area contributed by atoms with Crippen molar-refractivity contribution in [2.45, 2.75) is 5.54 Å². The summed E-state index contributed by atoms with van der Waals surface area (Å²) in [6.07, 6.45) is 0. The van der Waals surface area contributed by atoms with E-state index in [1.807, 2.05) is 30.3 Å². The SMILES string of the molecule is NC1(C(=O)N2CCN(C(=O)c3ccc(-c4cc5ccccc5[nH]c4=O)cc3)CC2)COC1. The van der Waals surface area contributed by atoms with Gasteiger partial charge in [-0.15, -0.1) is 0 Å². The number of aromatic nitrogens is 1. The predicted molar refractivity (Wildman–Crippen MR) is 120 cm³/mol. The molecule has 3 N–H and O–H groups in total. The van der Waals surface area contributed by atoms with E-state index in [1.165, 1.54) is 0 Å². The van der Waals surface area contributed by atoms with E-state index >= 15 is 0 Å². The Kier molecular flexibility index (Phi) is 5.03. The highest BCUT2D eigenvalue weighted by molar-refractivity contribution is 5.95. The number of H-pyrrole nitrogens is 1. The van der Waals surface area contributed by atoms with Crippen molar-refractivity contribution in [1.82, 2.24) is 14.8 Å². The van der Waals surface area contributed by atoms with Gasteiger partial charge in [-0.1, -0.05) is 30.3 Å². The molecule has 0 saturated carbocycles. The zero-order chi connectivity index (χ0) is 22.3. The van der Waals surface area contributed by atoms with Crippen molar-refractivity contribution in [3.8, 4) is 11.1 Å². The summed E-state index contributed by atoms with van der Waals surface area (Å²) in [7, 11) is 0. The largest absolute Gasteiger partial charge is 0.376 e. The smallest absolute Gasteiger partial charge is 0.256 e. The van der Waals surface area contributed by atoms with Crippen LogP contribution in [-0.2, 0) is 9.53 Å². The van der Waals surface area contributed by atoms with Crippen molar-refractivity contribution in [1.29, 1.82) is 0 Å². The Labute approximate surface area is 184 Å². The Balaban J connectivity index is 1.28. The molecule has 3 heterocycles. The van der Waals surface area contributed by atoms with Crippen molar-refractivity contribution in [3.63, 3.8) is 0 Å². The fourth-order valence-corrected chi connectivity index (χ4v) is 4.21. The summed E-state index contributed by atoms with van der Waals surface area (Å²) in [6.45, 7) is 2.30. The van der Waals surface area contributed by atoms with Gasteiger partial charge < -0.3 is 25.3 Å². The summed E-state index contributed by atoms with van der Waals surface area (Å²) in [4.78, 5) is 44.3. The number of pyridine rings is 1. The Morgan fingerprint density at radius 2 is 1.59 bits per heavy atom. The van der Waals surface area contributed by atoms with Crippen LogP contribution in [0.4, 0.5) is 0 Å². The van der Waals surface area contributed by atoms with E-state index in [9.17, 15) is 14.4 Å². The summed E-state index contributed by atoms with van der Waals surface area (Å²) < 4.78 is 5.08. The molecule has 0 bridgehead atoms. The van der Waals surface area contributed by atoms with Gasteiger partial charge in [0.1, 0.15) is 5.54 Å². The number of aromatic amines is 1. The van der Waals surface area contributed by atoms with E-state index in [0.29, 0.717) is 37.3 Å². The highest BCUT2D eigenvalue weighted by Crippen LogP contribution is 2.22. The lowest BCUT2D eigenvalue weighted by Gasteiger charge is -2.43. The van der Waals surface area contributed by atoms with Crippen LogP contribution in [-0.4, -0.2) is 71.5 Å². The second kappa shape index (κ2) is 7.89. The molecule has 2 saturated heterocycles. The zero-order valence-corrected chi connectivity index (χ0v) is 17.5. The monoisotopic (exact) mass is 432 g/mol. The Morgan fingerprint density at radius 3 is 2.25 bits per heavy atom. The lowest BCUT2D eigenvalue weighted by atomic mass is 9.96. The lowest BCUT2D eigenvalue weighted by molar-refractivity contribution is -0.155. The molecule has 2 aliphatic rings. The number of hydrogen-bond acceptors (Lipinski definition) is 5. The number of carbonyl (C=O) groups excluding carboxylic acids is 2. The maximum absolute atomic E-state index is 12.9. The summed E-state index contributed by atoms with van der Waals surface area (Å²) in [5.41, 5.74) is 7.61. The van der Waals surface area contributed by atoms with Crippen LogP contribution < -0.4 is 11.3 Å². The van der Waals surface area contributed by atoms with Crippen LogP contribution in [0.5, 0.6) is 0 Å². The van der Waals surface area contributed by atoms with Crippen LogP contribution in [0.25, 0.3) is 22.0 Å². The number of nitrogens with one attached hydrogen (secondary N) is 1. The summed E-state index contributed by atoms with van der Waals surface area (Å²) in [6, 6.07) is 16.5. The standard InChI is InChI=1S/C24H24N4O4/c25-24(14-32-15-24)23(31)28-11-9-27(10-12-28)22(30)17-7-5-16(6-8-17)19-13-18-3-1-2-4-20(18)26-21(19)29/h1-8,13H,9-12,14-15,25H2,(H,26,29). The van der Waals surface area contributed by atoms with Crippen LogP contribution in [0.15, 0.2) is 59.4 Å². The molecule has 2 aliphatic heterocycles. The molecule has 8 heteroatoms. The van der Waals surface area contributed by atoms with E-state index in [2.05, 4.69) is 4.98 Å². The third-order valence-electron chi connectivity index (χ3n) is 6.20. The number of rotatable bonds is 3. The average Bonchev–Trinajstić information content (AvgIpc) is 2.81. The van der Waals surface area contributed by atoms with Gasteiger partial charge >= 0.3 is 0 Å².